The molecule has 0 heterocycles. The van der Waals surface area contributed by atoms with Crippen molar-refractivity contribution in [3.05, 3.63) is 78.9 Å². The molecule has 0 aliphatic carbocycles. The van der Waals surface area contributed by atoms with Gasteiger partial charge < -0.3 is 9.47 Å². The van der Waals surface area contributed by atoms with Crippen LogP contribution in [-0.4, -0.2) is 13.2 Å². The third kappa shape index (κ3) is 5.80. The Morgan fingerprint density at radius 2 is 1.03 bits per heavy atom. The van der Waals surface area contributed by atoms with E-state index < -0.39 is 0 Å². The van der Waals surface area contributed by atoms with Crippen LogP contribution in [0.25, 0.3) is 0 Å². The Morgan fingerprint density at radius 1 is 0.586 bits per heavy atom. The smallest absolute Gasteiger partial charge is 0.208 e. The highest BCUT2D eigenvalue weighted by Gasteiger charge is 2.34. The normalized spacial score (nSPS) is 10.9. The molecule has 0 bridgehead atoms. The number of ether oxygens (including phenoxy) is 2. The maximum Gasteiger partial charge on any atom is 0.208 e. The average Bonchev–Trinajstić information content (AvgIpc) is 2.77. The molecule has 0 aliphatic rings. The van der Waals surface area contributed by atoms with Gasteiger partial charge in [-0.3, -0.25) is 0 Å². The van der Waals surface area contributed by atoms with E-state index in [4.69, 9.17) is 9.47 Å². The number of rotatable bonds is 11. The molecule has 0 saturated heterocycles. The van der Waals surface area contributed by atoms with Crippen LogP contribution in [0.4, 0.5) is 0 Å². The summed E-state index contributed by atoms with van der Waals surface area (Å²) in [6.45, 7) is 5.86. The summed E-state index contributed by atoms with van der Waals surface area (Å²) in [6.07, 6.45) is 4.37. The zero-order valence-corrected chi connectivity index (χ0v) is 18.3. The SMILES string of the molecule is CCCCOc1ccccc1[S+](c1ccccc1)c1ccccc1OCCCC. The fraction of sp³-hybridized carbons (Fsp3) is 0.308. The summed E-state index contributed by atoms with van der Waals surface area (Å²) in [5, 5.41) is 0. The highest BCUT2D eigenvalue weighted by Crippen LogP contribution is 2.40. The number of unbranched alkanes of at least 4 members (excludes halogenated alkanes) is 2. The lowest BCUT2D eigenvalue weighted by molar-refractivity contribution is 0.300. The van der Waals surface area contributed by atoms with Gasteiger partial charge in [-0.15, -0.1) is 0 Å². The lowest BCUT2D eigenvalue weighted by Crippen LogP contribution is -2.10. The fourth-order valence-electron chi connectivity index (χ4n) is 3.06. The molecule has 0 N–H and O–H groups in total. The van der Waals surface area contributed by atoms with Gasteiger partial charge in [0.2, 0.25) is 9.79 Å². The summed E-state index contributed by atoms with van der Waals surface area (Å²) in [7, 11) is -0.299. The lowest BCUT2D eigenvalue weighted by Gasteiger charge is -2.15. The number of hydrogen-bond acceptors (Lipinski definition) is 2. The molecule has 0 fully saturated rings. The summed E-state index contributed by atoms with van der Waals surface area (Å²) in [5.41, 5.74) is 0. The fourth-order valence-corrected chi connectivity index (χ4v) is 5.32. The van der Waals surface area contributed by atoms with Crippen LogP contribution >= 0.6 is 0 Å². The van der Waals surface area contributed by atoms with Gasteiger partial charge in [0.15, 0.2) is 16.4 Å². The van der Waals surface area contributed by atoms with E-state index in [1.165, 1.54) is 14.7 Å². The number of hydrogen-bond donors (Lipinski definition) is 0. The standard InChI is InChI=1S/C26H31O2S/c1-3-5-20-27-23-16-10-12-18-25(23)29(22-14-8-7-9-15-22)26-19-13-11-17-24(26)28-21-6-4-2/h7-19H,3-6,20-21H2,1-2H3/q+1. The highest BCUT2D eigenvalue weighted by atomic mass is 32.2. The molecular formula is C26H31O2S+. The van der Waals surface area contributed by atoms with Crippen molar-refractivity contribution in [1.82, 2.24) is 0 Å². The zero-order chi connectivity index (χ0) is 20.3. The van der Waals surface area contributed by atoms with Crippen molar-refractivity contribution in [1.29, 1.82) is 0 Å². The molecule has 0 spiro atoms. The van der Waals surface area contributed by atoms with E-state index in [0.29, 0.717) is 0 Å². The van der Waals surface area contributed by atoms with Crippen molar-refractivity contribution in [2.24, 2.45) is 0 Å². The Labute approximate surface area is 178 Å². The first-order valence-corrected chi connectivity index (χ1v) is 11.8. The Hall–Kier alpha value is -2.39. The molecule has 3 aromatic rings. The second kappa shape index (κ2) is 11.6. The summed E-state index contributed by atoms with van der Waals surface area (Å²) in [5.74, 6) is 1.94. The predicted molar refractivity (Wildman–Crippen MR) is 122 cm³/mol. The van der Waals surface area contributed by atoms with Gasteiger partial charge in [-0.25, -0.2) is 0 Å². The Bertz CT molecular complexity index is 810. The van der Waals surface area contributed by atoms with Crippen molar-refractivity contribution in [3.8, 4) is 11.5 Å². The highest BCUT2D eigenvalue weighted by molar-refractivity contribution is 7.97. The summed E-state index contributed by atoms with van der Waals surface area (Å²) >= 11 is 0. The molecule has 0 radical (unpaired) electrons. The third-order valence-electron chi connectivity index (χ3n) is 4.63. The van der Waals surface area contributed by atoms with Crippen molar-refractivity contribution < 1.29 is 9.47 Å². The van der Waals surface area contributed by atoms with Crippen LogP contribution in [0, 0.1) is 0 Å². The van der Waals surface area contributed by atoms with Crippen LogP contribution < -0.4 is 9.47 Å². The van der Waals surface area contributed by atoms with Crippen LogP contribution in [0.5, 0.6) is 11.5 Å². The first-order chi connectivity index (χ1) is 14.3. The van der Waals surface area contributed by atoms with Crippen LogP contribution in [0.2, 0.25) is 0 Å². The van der Waals surface area contributed by atoms with Crippen LogP contribution in [-0.2, 0) is 10.9 Å². The van der Waals surface area contributed by atoms with Gasteiger partial charge in [-0.05, 0) is 49.2 Å². The van der Waals surface area contributed by atoms with E-state index in [0.717, 1.165) is 50.4 Å². The minimum atomic E-state index is -0.299. The second-order valence-electron chi connectivity index (χ2n) is 6.92. The summed E-state index contributed by atoms with van der Waals surface area (Å²) < 4.78 is 12.4. The van der Waals surface area contributed by atoms with E-state index >= 15 is 0 Å². The van der Waals surface area contributed by atoms with E-state index in [2.05, 4.69) is 92.7 Å². The maximum atomic E-state index is 6.21. The monoisotopic (exact) mass is 407 g/mol. The average molecular weight is 408 g/mol. The zero-order valence-electron chi connectivity index (χ0n) is 17.5. The van der Waals surface area contributed by atoms with Gasteiger partial charge in [0, 0.05) is 0 Å². The van der Waals surface area contributed by atoms with Crippen LogP contribution in [0.15, 0.2) is 93.5 Å². The molecule has 0 amide bonds. The van der Waals surface area contributed by atoms with Crippen LogP contribution in [0.1, 0.15) is 39.5 Å². The second-order valence-corrected chi connectivity index (χ2v) is 8.88. The molecule has 3 aromatic carbocycles. The molecule has 0 aliphatic heterocycles. The Kier molecular flexibility index (Phi) is 8.51. The Morgan fingerprint density at radius 3 is 1.52 bits per heavy atom. The van der Waals surface area contributed by atoms with Gasteiger partial charge >= 0.3 is 0 Å². The van der Waals surface area contributed by atoms with E-state index in [1.54, 1.807) is 0 Å². The Balaban J connectivity index is 2.05. The minimum absolute atomic E-state index is 0.299. The lowest BCUT2D eigenvalue weighted by atomic mass is 10.3. The molecule has 0 atom stereocenters. The van der Waals surface area contributed by atoms with E-state index in [1.807, 2.05) is 0 Å². The van der Waals surface area contributed by atoms with E-state index in [-0.39, 0.29) is 10.9 Å². The molecule has 3 heteroatoms. The van der Waals surface area contributed by atoms with Gasteiger partial charge in [0.1, 0.15) is 10.9 Å². The van der Waals surface area contributed by atoms with Gasteiger partial charge in [0.25, 0.3) is 0 Å². The van der Waals surface area contributed by atoms with Crippen molar-refractivity contribution in [2.45, 2.75) is 54.2 Å². The quantitative estimate of drug-likeness (QED) is 0.248. The first-order valence-electron chi connectivity index (χ1n) is 10.6. The molecule has 0 unspecified atom stereocenters. The van der Waals surface area contributed by atoms with Crippen LogP contribution in [0.3, 0.4) is 0 Å². The summed E-state index contributed by atoms with van der Waals surface area (Å²) in [4.78, 5) is 3.69. The number of benzene rings is 3. The molecule has 29 heavy (non-hydrogen) atoms. The molecule has 0 aromatic heterocycles. The topological polar surface area (TPSA) is 18.5 Å². The molecule has 0 saturated carbocycles. The number of para-hydroxylation sites is 2. The third-order valence-corrected chi connectivity index (χ3v) is 6.93. The first kappa shape index (κ1) is 21.3. The maximum absolute atomic E-state index is 6.21. The minimum Gasteiger partial charge on any atom is -0.488 e. The van der Waals surface area contributed by atoms with Crippen molar-refractivity contribution >= 4 is 10.9 Å². The van der Waals surface area contributed by atoms with Gasteiger partial charge in [0.05, 0.1) is 13.2 Å². The molecule has 2 nitrogen and oxygen atoms in total. The van der Waals surface area contributed by atoms with Gasteiger partial charge in [-0.2, -0.15) is 0 Å². The summed E-state index contributed by atoms with van der Waals surface area (Å²) in [6, 6.07) is 27.6. The molecule has 152 valence electrons. The van der Waals surface area contributed by atoms with Crippen molar-refractivity contribution in [3.63, 3.8) is 0 Å². The van der Waals surface area contributed by atoms with Gasteiger partial charge in [-0.1, -0.05) is 69.2 Å². The van der Waals surface area contributed by atoms with Crippen molar-refractivity contribution in [2.75, 3.05) is 13.2 Å². The largest absolute Gasteiger partial charge is 0.488 e. The predicted octanol–water partition coefficient (Wildman–Crippen LogP) is 7.14. The molecule has 3 rings (SSSR count). The molecular weight excluding hydrogens is 376 g/mol. The van der Waals surface area contributed by atoms with E-state index in [9.17, 15) is 0 Å².